The number of amides is 1. The van der Waals surface area contributed by atoms with Crippen molar-refractivity contribution in [3.05, 3.63) is 0 Å². The molecule has 25 heavy (non-hydrogen) atoms. The molecule has 1 aromatic rings. The highest BCUT2D eigenvalue weighted by molar-refractivity contribution is 5.78. The maximum atomic E-state index is 11.6. The topological polar surface area (TPSA) is 86.3 Å². The standard InChI is InChI=1S/C17H29N7O/c1-3-23(4-2)17-21-15(20-16(22-17)19-13-8-9-13)18-10-6-12-24-11-5-7-14(24)25/h13H,3-12H2,1-2H3,(H2,18,19,20,21,22). The normalized spacial score (nSPS) is 17.0. The lowest BCUT2D eigenvalue weighted by Gasteiger charge is -2.20. The first kappa shape index (κ1) is 17.7. The zero-order valence-electron chi connectivity index (χ0n) is 15.3. The largest absolute Gasteiger partial charge is 0.354 e. The van der Waals surface area contributed by atoms with Crippen LogP contribution in [0.2, 0.25) is 0 Å². The Kier molecular flexibility index (Phi) is 5.88. The zero-order chi connectivity index (χ0) is 17.6. The summed E-state index contributed by atoms with van der Waals surface area (Å²) in [5, 5.41) is 6.65. The molecule has 1 saturated heterocycles. The fourth-order valence-electron chi connectivity index (χ4n) is 2.98. The van der Waals surface area contributed by atoms with Gasteiger partial charge in [0, 0.05) is 45.2 Å². The second-order valence-electron chi connectivity index (χ2n) is 6.64. The predicted molar refractivity (Wildman–Crippen MR) is 99.0 cm³/mol. The molecule has 138 valence electrons. The quantitative estimate of drug-likeness (QED) is 0.623. The lowest BCUT2D eigenvalue weighted by molar-refractivity contribution is -0.127. The van der Waals surface area contributed by atoms with E-state index in [2.05, 4.69) is 44.3 Å². The Labute approximate surface area is 149 Å². The molecule has 0 spiro atoms. The summed E-state index contributed by atoms with van der Waals surface area (Å²) in [5.41, 5.74) is 0. The molecule has 8 heteroatoms. The Morgan fingerprint density at radius 2 is 1.92 bits per heavy atom. The van der Waals surface area contributed by atoms with Gasteiger partial charge in [-0.2, -0.15) is 15.0 Å². The van der Waals surface area contributed by atoms with E-state index in [-0.39, 0.29) is 5.91 Å². The summed E-state index contributed by atoms with van der Waals surface area (Å²) >= 11 is 0. The maximum Gasteiger partial charge on any atom is 0.231 e. The average Bonchev–Trinajstić information content (AvgIpc) is 3.32. The summed E-state index contributed by atoms with van der Waals surface area (Å²) in [7, 11) is 0. The molecular formula is C17H29N7O. The van der Waals surface area contributed by atoms with E-state index in [1.807, 2.05) is 4.90 Å². The van der Waals surface area contributed by atoms with Crippen LogP contribution < -0.4 is 15.5 Å². The van der Waals surface area contributed by atoms with Gasteiger partial charge in [0.15, 0.2) is 0 Å². The SMILES string of the molecule is CCN(CC)c1nc(NCCCN2CCCC2=O)nc(NC2CC2)n1. The summed E-state index contributed by atoms with van der Waals surface area (Å²) < 4.78 is 0. The maximum absolute atomic E-state index is 11.6. The summed E-state index contributed by atoms with van der Waals surface area (Å²) in [5.74, 6) is 2.24. The number of likely N-dealkylation sites (tertiary alicyclic amines) is 1. The fraction of sp³-hybridized carbons (Fsp3) is 0.765. The van der Waals surface area contributed by atoms with Gasteiger partial charge in [0.2, 0.25) is 23.8 Å². The molecule has 0 radical (unpaired) electrons. The van der Waals surface area contributed by atoms with E-state index < -0.39 is 0 Å². The molecule has 1 aromatic heterocycles. The van der Waals surface area contributed by atoms with Crippen LogP contribution in [-0.2, 0) is 4.79 Å². The number of hydrogen-bond donors (Lipinski definition) is 2. The molecule has 1 aliphatic carbocycles. The second kappa shape index (κ2) is 8.31. The highest BCUT2D eigenvalue weighted by atomic mass is 16.2. The summed E-state index contributed by atoms with van der Waals surface area (Å²) in [4.78, 5) is 29.3. The summed E-state index contributed by atoms with van der Waals surface area (Å²) in [6.07, 6.45) is 4.94. The van der Waals surface area contributed by atoms with Crippen molar-refractivity contribution in [2.45, 2.75) is 52.0 Å². The monoisotopic (exact) mass is 347 g/mol. The van der Waals surface area contributed by atoms with Gasteiger partial charge in [-0.25, -0.2) is 0 Å². The molecule has 0 bridgehead atoms. The van der Waals surface area contributed by atoms with Crippen LogP contribution in [0.3, 0.4) is 0 Å². The van der Waals surface area contributed by atoms with Crippen LogP contribution in [0, 0.1) is 0 Å². The minimum atomic E-state index is 0.278. The Balaban J connectivity index is 1.58. The minimum absolute atomic E-state index is 0.278. The van der Waals surface area contributed by atoms with Gasteiger partial charge in [0.05, 0.1) is 0 Å². The smallest absolute Gasteiger partial charge is 0.231 e. The van der Waals surface area contributed by atoms with Crippen LogP contribution in [0.1, 0.15) is 46.0 Å². The molecule has 2 N–H and O–H groups in total. The van der Waals surface area contributed by atoms with Crippen molar-refractivity contribution in [2.24, 2.45) is 0 Å². The van der Waals surface area contributed by atoms with Crippen LogP contribution in [0.5, 0.6) is 0 Å². The number of carbonyl (C=O) groups excluding carboxylic acids is 1. The van der Waals surface area contributed by atoms with Crippen LogP contribution in [0.15, 0.2) is 0 Å². The average molecular weight is 347 g/mol. The minimum Gasteiger partial charge on any atom is -0.354 e. The Bertz CT molecular complexity index is 586. The molecule has 1 aliphatic heterocycles. The highest BCUT2D eigenvalue weighted by Crippen LogP contribution is 2.24. The van der Waals surface area contributed by atoms with Gasteiger partial charge in [-0.05, 0) is 39.5 Å². The van der Waals surface area contributed by atoms with Crippen molar-refractivity contribution in [2.75, 3.05) is 48.3 Å². The first-order chi connectivity index (χ1) is 12.2. The van der Waals surface area contributed by atoms with E-state index in [0.29, 0.717) is 30.3 Å². The molecule has 3 rings (SSSR count). The molecule has 2 fully saturated rings. The fourth-order valence-corrected chi connectivity index (χ4v) is 2.98. The van der Waals surface area contributed by atoms with Gasteiger partial charge in [-0.15, -0.1) is 0 Å². The Morgan fingerprint density at radius 3 is 2.56 bits per heavy atom. The Hall–Kier alpha value is -2.12. The van der Waals surface area contributed by atoms with Gasteiger partial charge in [-0.3, -0.25) is 4.79 Å². The van der Waals surface area contributed by atoms with Crippen LogP contribution in [0.25, 0.3) is 0 Å². The van der Waals surface area contributed by atoms with Gasteiger partial charge in [0.25, 0.3) is 0 Å². The van der Waals surface area contributed by atoms with Gasteiger partial charge in [0.1, 0.15) is 0 Å². The molecular weight excluding hydrogens is 318 g/mol. The second-order valence-corrected chi connectivity index (χ2v) is 6.64. The molecule has 0 unspecified atom stereocenters. The number of aromatic nitrogens is 3. The third kappa shape index (κ3) is 4.93. The van der Waals surface area contributed by atoms with Crippen LogP contribution in [-0.4, -0.2) is 64.5 Å². The summed E-state index contributed by atoms with van der Waals surface area (Å²) in [6, 6.07) is 0.501. The molecule has 0 atom stereocenters. The van der Waals surface area contributed by atoms with Crippen molar-refractivity contribution in [1.82, 2.24) is 19.9 Å². The van der Waals surface area contributed by atoms with E-state index in [9.17, 15) is 4.79 Å². The van der Waals surface area contributed by atoms with Crippen molar-refractivity contribution in [1.29, 1.82) is 0 Å². The van der Waals surface area contributed by atoms with Gasteiger partial charge >= 0.3 is 0 Å². The molecule has 0 aromatic carbocycles. The number of nitrogens with zero attached hydrogens (tertiary/aromatic N) is 5. The van der Waals surface area contributed by atoms with Gasteiger partial charge in [-0.1, -0.05) is 0 Å². The number of hydrogen-bond acceptors (Lipinski definition) is 7. The predicted octanol–water partition coefficient (Wildman–Crippen LogP) is 1.72. The third-order valence-corrected chi connectivity index (χ3v) is 4.64. The Morgan fingerprint density at radius 1 is 1.16 bits per heavy atom. The van der Waals surface area contributed by atoms with E-state index in [1.54, 1.807) is 0 Å². The number of rotatable bonds is 10. The molecule has 1 saturated carbocycles. The van der Waals surface area contributed by atoms with Crippen molar-refractivity contribution in [3.8, 4) is 0 Å². The van der Waals surface area contributed by atoms with Crippen LogP contribution >= 0.6 is 0 Å². The van der Waals surface area contributed by atoms with E-state index in [4.69, 9.17) is 0 Å². The van der Waals surface area contributed by atoms with Crippen molar-refractivity contribution >= 4 is 23.8 Å². The lowest BCUT2D eigenvalue weighted by Crippen LogP contribution is -2.27. The number of carbonyl (C=O) groups is 1. The zero-order valence-corrected chi connectivity index (χ0v) is 15.3. The molecule has 2 aliphatic rings. The highest BCUT2D eigenvalue weighted by Gasteiger charge is 2.23. The van der Waals surface area contributed by atoms with Crippen molar-refractivity contribution < 1.29 is 4.79 Å². The van der Waals surface area contributed by atoms with E-state index in [1.165, 1.54) is 12.8 Å². The van der Waals surface area contributed by atoms with Gasteiger partial charge < -0.3 is 20.4 Å². The van der Waals surface area contributed by atoms with E-state index in [0.717, 1.165) is 45.6 Å². The van der Waals surface area contributed by atoms with Crippen molar-refractivity contribution in [3.63, 3.8) is 0 Å². The summed E-state index contributed by atoms with van der Waals surface area (Å²) in [6.45, 7) is 8.36. The third-order valence-electron chi connectivity index (χ3n) is 4.64. The molecule has 8 nitrogen and oxygen atoms in total. The van der Waals surface area contributed by atoms with Crippen LogP contribution in [0.4, 0.5) is 17.8 Å². The number of nitrogens with one attached hydrogen (secondary N) is 2. The first-order valence-corrected chi connectivity index (χ1v) is 9.48. The molecule has 1 amide bonds. The number of anilines is 3. The molecule has 2 heterocycles. The van der Waals surface area contributed by atoms with E-state index >= 15 is 0 Å². The first-order valence-electron chi connectivity index (χ1n) is 9.48. The lowest BCUT2D eigenvalue weighted by atomic mass is 10.4.